The SMILES string of the molecule is CC1(Nc2ccc(C(F)F)cc2[N+](=O)[O-])CC1. The first-order valence-corrected chi connectivity index (χ1v) is 5.26. The van der Waals surface area contributed by atoms with Gasteiger partial charge in [-0.2, -0.15) is 0 Å². The zero-order chi connectivity index (χ0) is 12.6. The van der Waals surface area contributed by atoms with Gasteiger partial charge in [0.2, 0.25) is 0 Å². The Kier molecular flexibility index (Phi) is 2.73. The Labute approximate surface area is 96.8 Å². The fourth-order valence-corrected chi connectivity index (χ4v) is 1.58. The first kappa shape index (κ1) is 11.8. The van der Waals surface area contributed by atoms with Crippen LogP contribution in [-0.4, -0.2) is 10.5 Å². The third-order valence-corrected chi connectivity index (χ3v) is 2.91. The minimum absolute atomic E-state index is 0.128. The lowest BCUT2D eigenvalue weighted by Gasteiger charge is -2.13. The lowest BCUT2D eigenvalue weighted by molar-refractivity contribution is -0.384. The number of nitrogens with zero attached hydrogens (tertiary/aromatic N) is 1. The van der Waals surface area contributed by atoms with Gasteiger partial charge in [-0.05, 0) is 25.8 Å². The van der Waals surface area contributed by atoms with Crippen molar-refractivity contribution in [2.45, 2.75) is 31.7 Å². The topological polar surface area (TPSA) is 55.2 Å². The van der Waals surface area contributed by atoms with E-state index in [1.807, 2.05) is 6.92 Å². The predicted molar refractivity (Wildman–Crippen MR) is 59.3 cm³/mol. The Hall–Kier alpha value is -1.72. The highest BCUT2D eigenvalue weighted by Gasteiger charge is 2.38. The van der Waals surface area contributed by atoms with Crippen molar-refractivity contribution in [3.63, 3.8) is 0 Å². The zero-order valence-electron chi connectivity index (χ0n) is 9.24. The fourth-order valence-electron chi connectivity index (χ4n) is 1.58. The maximum absolute atomic E-state index is 12.4. The predicted octanol–water partition coefficient (Wildman–Crippen LogP) is 3.50. The van der Waals surface area contributed by atoms with Gasteiger partial charge in [0, 0.05) is 17.2 Å². The normalized spacial score (nSPS) is 16.9. The van der Waals surface area contributed by atoms with Gasteiger partial charge in [0.05, 0.1) is 4.92 Å². The summed E-state index contributed by atoms with van der Waals surface area (Å²) in [5, 5.41) is 13.8. The van der Waals surface area contributed by atoms with Gasteiger partial charge >= 0.3 is 0 Å². The summed E-state index contributed by atoms with van der Waals surface area (Å²) in [6, 6.07) is 3.49. The van der Waals surface area contributed by atoms with Crippen LogP contribution in [-0.2, 0) is 0 Å². The van der Waals surface area contributed by atoms with Crippen LogP contribution in [0.25, 0.3) is 0 Å². The van der Waals surface area contributed by atoms with Crippen LogP contribution in [0, 0.1) is 10.1 Å². The van der Waals surface area contributed by atoms with Gasteiger partial charge in [0.15, 0.2) is 0 Å². The van der Waals surface area contributed by atoms with Gasteiger partial charge in [-0.15, -0.1) is 0 Å². The van der Waals surface area contributed by atoms with Crippen molar-refractivity contribution in [2.75, 3.05) is 5.32 Å². The van der Waals surface area contributed by atoms with Crippen LogP contribution in [0.15, 0.2) is 18.2 Å². The molecule has 1 fully saturated rings. The molecule has 2 rings (SSSR count). The minimum atomic E-state index is -2.70. The molecule has 1 aromatic rings. The molecule has 92 valence electrons. The summed E-state index contributed by atoms with van der Waals surface area (Å²) < 4.78 is 24.9. The molecule has 1 aliphatic carbocycles. The van der Waals surface area contributed by atoms with Crippen LogP contribution < -0.4 is 5.32 Å². The van der Waals surface area contributed by atoms with E-state index in [9.17, 15) is 18.9 Å². The number of halogens is 2. The molecule has 0 saturated heterocycles. The molecular formula is C11H12F2N2O2. The lowest BCUT2D eigenvalue weighted by atomic mass is 10.1. The molecule has 0 bridgehead atoms. The zero-order valence-corrected chi connectivity index (χ0v) is 9.24. The van der Waals surface area contributed by atoms with Crippen molar-refractivity contribution in [1.29, 1.82) is 0 Å². The van der Waals surface area contributed by atoms with Crippen molar-refractivity contribution < 1.29 is 13.7 Å². The monoisotopic (exact) mass is 242 g/mol. The van der Waals surface area contributed by atoms with Crippen molar-refractivity contribution in [3.8, 4) is 0 Å². The third kappa shape index (κ3) is 2.51. The largest absolute Gasteiger partial charge is 0.374 e. The summed E-state index contributed by atoms with van der Waals surface area (Å²) >= 11 is 0. The highest BCUT2D eigenvalue weighted by Crippen LogP contribution is 2.41. The van der Waals surface area contributed by atoms with Crippen molar-refractivity contribution in [2.24, 2.45) is 0 Å². The molecule has 1 aliphatic rings. The molecule has 1 aromatic carbocycles. The van der Waals surface area contributed by atoms with E-state index in [2.05, 4.69) is 5.32 Å². The van der Waals surface area contributed by atoms with E-state index in [-0.39, 0.29) is 16.8 Å². The van der Waals surface area contributed by atoms with E-state index in [0.29, 0.717) is 5.69 Å². The number of benzene rings is 1. The van der Waals surface area contributed by atoms with E-state index in [1.54, 1.807) is 0 Å². The molecule has 6 heteroatoms. The fraction of sp³-hybridized carbons (Fsp3) is 0.455. The molecule has 0 spiro atoms. The molecule has 0 aliphatic heterocycles. The lowest BCUT2D eigenvalue weighted by Crippen LogP contribution is -2.16. The van der Waals surface area contributed by atoms with Gasteiger partial charge in [0.25, 0.3) is 12.1 Å². The quantitative estimate of drug-likeness (QED) is 0.649. The maximum atomic E-state index is 12.4. The summed E-state index contributed by atoms with van der Waals surface area (Å²) in [5.74, 6) is 0. The second-order valence-corrected chi connectivity index (χ2v) is 4.52. The van der Waals surface area contributed by atoms with E-state index in [1.165, 1.54) is 12.1 Å². The summed E-state index contributed by atoms with van der Waals surface area (Å²) in [6.45, 7) is 1.94. The molecule has 0 radical (unpaired) electrons. The molecule has 0 unspecified atom stereocenters. The standard InChI is InChI=1S/C11H12F2N2O2/c1-11(4-5-11)14-8-3-2-7(10(12)13)6-9(8)15(16)17/h2-3,6,10,14H,4-5H2,1H3. The molecule has 0 aromatic heterocycles. The highest BCUT2D eigenvalue weighted by molar-refractivity contribution is 5.64. The summed E-state index contributed by atoms with van der Waals surface area (Å²) in [4.78, 5) is 10.2. The van der Waals surface area contributed by atoms with Crippen LogP contribution in [0.5, 0.6) is 0 Å². The third-order valence-electron chi connectivity index (χ3n) is 2.91. The Morgan fingerprint density at radius 2 is 2.12 bits per heavy atom. The van der Waals surface area contributed by atoms with Crippen molar-refractivity contribution in [3.05, 3.63) is 33.9 Å². The first-order chi connectivity index (χ1) is 7.91. The van der Waals surface area contributed by atoms with Crippen LogP contribution in [0.2, 0.25) is 0 Å². The van der Waals surface area contributed by atoms with Gasteiger partial charge in [0.1, 0.15) is 5.69 Å². The summed E-state index contributed by atoms with van der Waals surface area (Å²) in [6.07, 6.45) is -0.833. The Morgan fingerprint density at radius 3 is 2.59 bits per heavy atom. The maximum Gasteiger partial charge on any atom is 0.292 e. The van der Waals surface area contributed by atoms with E-state index >= 15 is 0 Å². The molecular weight excluding hydrogens is 230 g/mol. The van der Waals surface area contributed by atoms with Crippen molar-refractivity contribution in [1.82, 2.24) is 0 Å². The molecule has 0 atom stereocenters. The molecule has 1 saturated carbocycles. The summed E-state index contributed by atoms with van der Waals surface area (Å²) in [5.41, 5.74) is -0.449. The molecule has 4 nitrogen and oxygen atoms in total. The highest BCUT2D eigenvalue weighted by atomic mass is 19.3. The number of alkyl halides is 2. The molecule has 1 N–H and O–H groups in total. The Morgan fingerprint density at radius 1 is 1.47 bits per heavy atom. The van der Waals surface area contributed by atoms with Gasteiger partial charge in [-0.25, -0.2) is 8.78 Å². The van der Waals surface area contributed by atoms with Crippen LogP contribution in [0.4, 0.5) is 20.2 Å². The second kappa shape index (κ2) is 3.94. The van der Waals surface area contributed by atoms with Crippen LogP contribution >= 0.6 is 0 Å². The molecule has 0 amide bonds. The average Bonchev–Trinajstić information content (AvgIpc) is 2.96. The van der Waals surface area contributed by atoms with Crippen molar-refractivity contribution >= 4 is 11.4 Å². The summed E-state index contributed by atoms with van der Waals surface area (Å²) in [7, 11) is 0. The smallest absolute Gasteiger partial charge is 0.292 e. The number of hydrogen-bond acceptors (Lipinski definition) is 3. The van der Waals surface area contributed by atoms with Gasteiger partial charge < -0.3 is 5.32 Å². The van der Waals surface area contributed by atoms with Gasteiger partial charge in [-0.1, -0.05) is 6.07 Å². The Balaban J connectivity index is 2.34. The average molecular weight is 242 g/mol. The first-order valence-electron chi connectivity index (χ1n) is 5.26. The Bertz CT molecular complexity index is 459. The van der Waals surface area contributed by atoms with Gasteiger partial charge in [-0.3, -0.25) is 10.1 Å². The number of rotatable bonds is 4. The number of nitro benzene ring substituents is 1. The minimum Gasteiger partial charge on any atom is -0.374 e. The number of nitro groups is 1. The van der Waals surface area contributed by atoms with E-state index in [4.69, 9.17) is 0 Å². The van der Waals surface area contributed by atoms with Crippen LogP contribution in [0.3, 0.4) is 0 Å². The van der Waals surface area contributed by atoms with Crippen LogP contribution in [0.1, 0.15) is 31.8 Å². The number of hydrogen-bond donors (Lipinski definition) is 1. The number of anilines is 1. The number of nitrogens with one attached hydrogen (secondary N) is 1. The molecule has 17 heavy (non-hydrogen) atoms. The second-order valence-electron chi connectivity index (χ2n) is 4.52. The van der Waals surface area contributed by atoms with E-state index in [0.717, 1.165) is 18.9 Å². The van der Waals surface area contributed by atoms with E-state index < -0.39 is 11.3 Å². The molecule has 0 heterocycles.